The molecule has 1 saturated heterocycles. The van der Waals surface area contributed by atoms with E-state index in [1.54, 1.807) is 0 Å². The van der Waals surface area contributed by atoms with Crippen molar-refractivity contribution in [2.24, 2.45) is 0 Å². The summed E-state index contributed by atoms with van der Waals surface area (Å²) in [6.45, 7) is 5.88. The van der Waals surface area contributed by atoms with Crippen molar-refractivity contribution in [3.8, 4) is 11.3 Å². The number of morpholine rings is 1. The van der Waals surface area contributed by atoms with Gasteiger partial charge in [0.2, 0.25) is 0 Å². The second-order valence-electron chi connectivity index (χ2n) is 5.46. The smallest absolute Gasteiger partial charge is 0.134 e. The number of β-amino-alcohol motifs (C(OH)–C–C–N with tert-alkyl or cyclic N) is 1. The van der Waals surface area contributed by atoms with E-state index in [9.17, 15) is 5.11 Å². The summed E-state index contributed by atoms with van der Waals surface area (Å²) < 4.78 is 10.9. The third kappa shape index (κ3) is 3.53. The van der Waals surface area contributed by atoms with Crippen LogP contribution in [0.1, 0.15) is 17.4 Å². The number of nitrogens with zero attached hydrogens (tertiary/aromatic N) is 1. The largest absolute Gasteiger partial charge is 0.461 e. The first kappa shape index (κ1) is 14.3. The molecular weight excluding hydrogens is 266 g/mol. The Balaban J connectivity index is 1.65. The number of aliphatic hydroxyl groups excluding tert-OH is 1. The van der Waals surface area contributed by atoms with Crippen LogP contribution in [-0.2, 0) is 4.74 Å². The summed E-state index contributed by atoms with van der Waals surface area (Å²) in [6.07, 6.45) is -0.463. The lowest BCUT2D eigenvalue weighted by atomic mass is 10.1. The predicted octanol–water partition coefficient (Wildman–Crippen LogP) is 2.62. The van der Waals surface area contributed by atoms with E-state index in [2.05, 4.69) is 4.90 Å². The maximum absolute atomic E-state index is 10.3. The van der Waals surface area contributed by atoms with Crippen LogP contribution in [0.5, 0.6) is 0 Å². The Morgan fingerprint density at radius 3 is 2.43 bits per heavy atom. The van der Waals surface area contributed by atoms with Gasteiger partial charge in [-0.25, -0.2) is 0 Å². The molecule has 1 N–H and O–H groups in total. The summed E-state index contributed by atoms with van der Waals surface area (Å²) in [5, 5.41) is 10.3. The van der Waals surface area contributed by atoms with Crippen molar-refractivity contribution < 1.29 is 14.3 Å². The molecule has 0 saturated carbocycles. The monoisotopic (exact) mass is 287 g/mol. The molecule has 0 aliphatic carbocycles. The number of aryl methyl sites for hydroxylation is 1. The van der Waals surface area contributed by atoms with Crippen LogP contribution in [0.15, 0.2) is 40.8 Å². The second kappa shape index (κ2) is 6.43. The van der Waals surface area contributed by atoms with Gasteiger partial charge in [-0.15, -0.1) is 0 Å². The Morgan fingerprint density at radius 2 is 1.81 bits per heavy atom. The molecule has 0 amide bonds. The van der Waals surface area contributed by atoms with Gasteiger partial charge in [0.05, 0.1) is 19.3 Å². The highest BCUT2D eigenvalue weighted by molar-refractivity contribution is 5.58. The van der Waals surface area contributed by atoms with E-state index in [0.717, 1.165) is 49.0 Å². The highest BCUT2D eigenvalue weighted by atomic mass is 16.5. The zero-order valence-electron chi connectivity index (χ0n) is 12.3. The summed E-state index contributed by atoms with van der Waals surface area (Å²) in [7, 11) is 0. The third-order valence-corrected chi connectivity index (χ3v) is 3.86. The van der Waals surface area contributed by atoms with Crippen LogP contribution < -0.4 is 0 Å². The second-order valence-corrected chi connectivity index (χ2v) is 5.46. The number of ether oxygens (including phenoxy) is 1. The lowest BCUT2D eigenvalue weighted by Gasteiger charge is -2.28. The number of hydrogen-bond donors (Lipinski definition) is 1. The Bertz CT molecular complexity index is 570. The first-order valence-electron chi connectivity index (χ1n) is 7.37. The van der Waals surface area contributed by atoms with Gasteiger partial charge in [-0.05, 0) is 24.6 Å². The van der Waals surface area contributed by atoms with Gasteiger partial charge in [-0.3, -0.25) is 4.90 Å². The molecule has 1 unspecified atom stereocenters. The number of furan rings is 1. The third-order valence-electron chi connectivity index (χ3n) is 3.86. The lowest BCUT2D eigenvalue weighted by molar-refractivity contribution is 0.0143. The highest BCUT2D eigenvalue weighted by Crippen LogP contribution is 2.24. The fourth-order valence-corrected chi connectivity index (χ4v) is 2.59. The van der Waals surface area contributed by atoms with E-state index in [1.807, 2.05) is 43.3 Å². The normalized spacial score (nSPS) is 17.8. The fraction of sp³-hybridized carbons (Fsp3) is 0.412. The van der Waals surface area contributed by atoms with Gasteiger partial charge < -0.3 is 14.3 Å². The molecule has 4 nitrogen and oxygen atoms in total. The Morgan fingerprint density at radius 1 is 1.10 bits per heavy atom. The van der Waals surface area contributed by atoms with Gasteiger partial charge in [0, 0.05) is 25.2 Å². The van der Waals surface area contributed by atoms with Gasteiger partial charge in [0.1, 0.15) is 11.5 Å². The minimum absolute atomic E-state index is 0.463. The molecule has 3 rings (SSSR count). The molecule has 1 aliphatic rings. The first-order valence-corrected chi connectivity index (χ1v) is 7.37. The van der Waals surface area contributed by atoms with Gasteiger partial charge in [-0.2, -0.15) is 0 Å². The standard InChI is InChI=1S/C17H21NO3/c1-13-2-7-17(21-13)15-5-3-14(4-6-15)16(19)12-18-8-10-20-11-9-18/h2-7,16,19H,8-12H2,1H3. The summed E-state index contributed by atoms with van der Waals surface area (Å²) >= 11 is 0. The van der Waals surface area contributed by atoms with Gasteiger partial charge >= 0.3 is 0 Å². The van der Waals surface area contributed by atoms with Crippen LogP contribution >= 0.6 is 0 Å². The minimum Gasteiger partial charge on any atom is -0.461 e. The zero-order valence-corrected chi connectivity index (χ0v) is 12.3. The summed E-state index contributed by atoms with van der Waals surface area (Å²) in [4.78, 5) is 2.23. The SMILES string of the molecule is Cc1ccc(-c2ccc(C(O)CN3CCOCC3)cc2)o1. The number of aliphatic hydroxyl groups is 1. The number of hydrogen-bond acceptors (Lipinski definition) is 4. The van der Waals surface area contributed by atoms with Crippen molar-refractivity contribution in [1.29, 1.82) is 0 Å². The Kier molecular flexibility index (Phi) is 4.39. The summed E-state index contributed by atoms with van der Waals surface area (Å²) in [5.74, 6) is 1.77. The molecule has 1 aromatic carbocycles. The minimum atomic E-state index is -0.463. The molecular formula is C17H21NO3. The van der Waals surface area contributed by atoms with Crippen molar-refractivity contribution in [2.75, 3.05) is 32.8 Å². The maximum atomic E-state index is 10.3. The van der Waals surface area contributed by atoms with Crippen molar-refractivity contribution in [2.45, 2.75) is 13.0 Å². The topological polar surface area (TPSA) is 45.8 Å². The van der Waals surface area contributed by atoms with Crippen LogP contribution in [-0.4, -0.2) is 42.9 Å². The first-order chi connectivity index (χ1) is 10.2. The zero-order chi connectivity index (χ0) is 14.7. The van der Waals surface area contributed by atoms with Gasteiger partial charge in [-0.1, -0.05) is 24.3 Å². The van der Waals surface area contributed by atoms with Crippen LogP contribution in [0.3, 0.4) is 0 Å². The Labute approximate surface area is 124 Å². The fourth-order valence-electron chi connectivity index (χ4n) is 2.59. The quantitative estimate of drug-likeness (QED) is 0.939. The highest BCUT2D eigenvalue weighted by Gasteiger charge is 2.16. The summed E-state index contributed by atoms with van der Waals surface area (Å²) in [5.41, 5.74) is 1.97. The van der Waals surface area contributed by atoms with Crippen molar-refractivity contribution >= 4 is 0 Å². The molecule has 4 heteroatoms. The van der Waals surface area contributed by atoms with Crippen molar-refractivity contribution in [3.63, 3.8) is 0 Å². The van der Waals surface area contributed by atoms with Gasteiger partial charge in [0.15, 0.2) is 0 Å². The van der Waals surface area contributed by atoms with Crippen LogP contribution in [0, 0.1) is 6.92 Å². The molecule has 0 bridgehead atoms. The van der Waals surface area contributed by atoms with Gasteiger partial charge in [0.25, 0.3) is 0 Å². The molecule has 2 heterocycles. The molecule has 1 aliphatic heterocycles. The maximum Gasteiger partial charge on any atom is 0.134 e. The number of rotatable bonds is 4. The molecule has 0 radical (unpaired) electrons. The van der Waals surface area contributed by atoms with E-state index in [1.165, 1.54) is 0 Å². The molecule has 0 spiro atoms. The van der Waals surface area contributed by atoms with Crippen LogP contribution in [0.4, 0.5) is 0 Å². The predicted molar refractivity (Wildman–Crippen MR) is 81.1 cm³/mol. The average molecular weight is 287 g/mol. The molecule has 1 fully saturated rings. The number of benzene rings is 1. The van der Waals surface area contributed by atoms with Crippen molar-refractivity contribution in [3.05, 3.63) is 47.7 Å². The van der Waals surface area contributed by atoms with Crippen LogP contribution in [0.25, 0.3) is 11.3 Å². The molecule has 2 aromatic rings. The summed E-state index contributed by atoms with van der Waals surface area (Å²) in [6, 6.07) is 11.9. The molecule has 112 valence electrons. The molecule has 1 aromatic heterocycles. The van der Waals surface area contributed by atoms with E-state index in [-0.39, 0.29) is 0 Å². The van der Waals surface area contributed by atoms with Crippen LogP contribution in [0.2, 0.25) is 0 Å². The van der Waals surface area contributed by atoms with Crippen molar-refractivity contribution in [1.82, 2.24) is 4.90 Å². The van der Waals surface area contributed by atoms with E-state index in [4.69, 9.17) is 9.15 Å². The van der Waals surface area contributed by atoms with E-state index >= 15 is 0 Å². The lowest BCUT2D eigenvalue weighted by Crippen LogP contribution is -2.38. The van der Waals surface area contributed by atoms with E-state index in [0.29, 0.717) is 6.54 Å². The average Bonchev–Trinajstić information content (AvgIpc) is 2.95. The molecule has 21 heavy (non-hydrogen) atoms. The Hall–Kier alpha value is -1.62. The van der Waals surface area contributed by atoms with E-state index < -0.39 is 6.10 Å². The molecule has 1 atom stereocenters.